The molecule has 1 fully saturated rings. The smallest absolute Gasteiger partial charge is 0.105 e. The predicted molar refractivity (Wildman–Crippen MR) is 141 cm³/mol. The van der Waals surface area contributed by atoms with Gasteiger partial charge in [0.1, 0.15) is 5.03 Å². The van der Waals surface area contributed by atoms with Gasteiger partial charge < -0.3 is 4.74 Å². The Morgan fingerprint density at radius 1 is 0.882 bits per heavy atom. The number of rotatable bonds is 7. The lowest BCUT2D eigenvalue weighted by molar-refractivity contribution is -0.0320. The molecule has 1 aliphatic rings. The number of thioether (sulfide) groups is 1. The van der Waals surface area contributed by atoms with Gasteiger partial charge in [0, 0.05) is 42.0 Å². The number of pyridine rings is 1. The summed E-state index contributed by atoms with van der Waals surface area (Å²) in [7, 11) is 0. The Hall–Kier alpha value is -2.63. The zero-order valence-electron chi connectivity index (χ0n) is 18.9. The Bertz CT molecular complexity index is 1200. The molecule has 2 atom stereocenters. The molecule has 1 aliphatic heterocycles. The van der Waals surface area contributed by atoms with Gasteiger partial charge in [0.2, 0.25) is 0 Å². The quantitative estimate of drug-likeness (QED) is 0.259. The van der Waals surface area contributed by atoms with Crippen LogP contribution >= 0.6 is 23.4 Å². The van der Waals surface area contributed by atoms with Gasteiger partial charge in [-0.05, 0) is 23.3 Å². The van der Waals surface area contributed by atoms with Crippen molar-refractivity contribution >= 4 is 23.4 Å². The minimum Gasteiger partial charge on any atom is -0.374 e. The van der Waals surface area contributed by atoms with Crippen molar-refractivity contribution in [1.82, 2.24) is 9.88 Å². The number of hydrogen-bond acceptors (Lipinski definition) is 4. The molecule has 0 aliphatic carbocycles. The summed E-state index contributed by atoms with van der Waals surface area (Å²) in [4.78, 5) is 7.27. The third-order valence-corrected chi connectivity index (χ3v) is 7.77. The predicted octanol–water partition coefficient (Wildman–Crippen LogP) is 7.14. The summed E-state index contributed by atoms with van der Waals surface area (Å²) in [6, 6.07) is 33.3. The number of ether oxygens (including phenoxy) is 1. The van der Waals surface area contributed by atoms with E-state index in [1.807, 2.05) is 30.5 Å². The van der Waals surface area contributed by atoms with Crippen LogP contribution in [0.4, 0.5) is 0 Å². The first-order valence-electron chi connectivity index (χ1n) is 11.6. The van der Waals surface area contributed by atoms with Crippen LogP contribution in [0.3, 0.4) is 0 Å². The Labute approximate surface area is 210 Å². The molecule has 1 saturated heterocycles. The van der Waals surface area contributed by atoms with Crippen LogP contribution in [0, 0.1) is 0 Å². The number of morpholine rings is 1. The van der Waals surface area contributed by atoms with Gasteiger partial charge >= 0.3 is 0 Å². The molecule has 0 bridgehead atoms. The molecule has 5 rings (SSSR count). The molecule has 0 saturated carbocycles. The highest BCUT2D eigenvalue weighted by atomic mass is 35.5. The van der Waals surface area contributed by atoms with E-state index in [2.05, 4.69) is 77.7 Å². The summed E-state index contributed by atoms with van der Waals surface area (Å²) in [5.41, 5.74) is 4.63. The monoisotopic (exact) mass is 486 g/mol. The molecule has 1 unspecified atom stereocenters. The minimum atomic E-state index is 0.0472. The second-order valence-corrected chi connectivity index (χ2v) is 9.95. The van der Waals surface area contributed by atoms with Crippen molar-refractivity contribution in [3.8, 4) is 11.1 Å². The molecule has 0 N–H and O–H groups in total. The summed E-state index contributed by atoms with van der Waals surface area (Å²) < 4.78 is 6.39. The zero-order valence-corrected chi connectivity index (χ0v) is 20.5. The molecule has 3 nitrogen and oxygen atoms in total. The van der Waals surface area contributed by atoms with Crippen molar-refractivity contribution in [1.29, 1.82) is 0 Å². The van der Waals surface area contributed by atoms with E-state index in [0.717, 1.165) is 47.4 Å². The third kappa shape index (κ3) is 5.53. The lowest BCUT2D eigenvalue weighted by Gasteiger charge is -2.37. The topological polar surface area (TPSA) is 25.4 Å². The van der Waals surface area contributed by atoms with Crippen LogP contribution in [-0.4, -0.2) is 35.7 Å². The van der Waals surface area contributed by atoms with Gasteiger partial charge in [-0.25, -0.2) is 4.98 Å². The average Bonchev–Trinajstić information content (AvgIpc) is 2.89. The largest absolute Gasteiger partial charge is 0.374 e. The van der Waals surface area contributed by atoms with E-state index >= 15 is 0 Å². The van der Waals surface area contributed by atoms with Crippen molar-refractivity contribution in [2.75, 3.05) is 19.7 Å². The second-order valence-electron chi connectivity index (χ2n) is 8.42. The maximum Gasteiger partial charge on any atom is 0.105 e. The lowest BCUT2D eigenvalue weighted by Crippen LogP contribution is -2.44. The maximum atomic E-state index is 6.56. The fraction of sp³-hybridized carbons (Fsp3) is 0.207. The Kier molecular flexibility index (Phi) is 7.62. The number of nitrogens with zero attached hydrogens (tertiary/aromatic N) is 2. The third-order valence-electron chi connectivity index (χ3n) is 6.07. The molecule has 2 heterocycles. The standard InChI is InChI=1S/C29H27ClN2OS/c30-26-16-8-7-14-24(26)25-15-9-17-31-29(25)34-28(23-12-5-2-6-13-23)27-21-32(18-19-33-27)20-22-10-3-1-4-11-22/h1-17,27-28H,18-21H2/t27-,28?/m0/s1. The first kappa shape index (κ1) is 23.1. The summed E-state index contributed by atoms with van der Waals surface area (Å²) in [5, 5.41) is 1.81. The van der Waals surface area contributed by atoms with E-state index in [1.165, 1.54) is 11.1 Å². The van der Waals surface area contributed by atoms with Crippen molar-refractivity contribution in [2.45, 2.75) is 22.9 Å². The summed E-state index contributed by atoms with van der Waals surface area (Å²) in [6.45, 7) is 3.46. The van der Waals surface area contributed by atoms with Crippen LogP contribution in [0.1, 0.15) is 16.4 Å². The SMILES string of the molecule is Clc1ccccc1-c1cccnc1SC(c1ccccc1)[C@@H]1CN(Cc2ccccc2)CCO1. The first-order valence-corrected chi connectivity index (χ1v) is 12.8. The van der Waals surface area contributed by atoms with E-state index in [1.54, 1.807) is 11.8 Å². The summed E-state index contributed by atoms with van der Waals surface area (Å²) in [5.74, 6) is 0. The van der Waals surface area contributed by atoms with Crippen molar-refractivity contribution in [2.24, 2.45) is 0 Å². The van der Waals surface area contributed by atoms with Crippen molar-refractivity contribution in [3.63, 3.8) is 0 Å². The van der Waals surface area contributed by atoms with Crippen LogP contribution < -0.4 is 0 Å². The minimum absolute atomic E-state index is 0.0472. The van der Waals surface area contributed by atoms with Crippen LogP contribution in [0.25, 0.3) is 11.1 Å². The Morgan fingerprint density at radius 2 is 1.59 bits per heavy atom. The molecule has 0 spiro atoms. The molecular formula is C29H27ClN2OS. The molecule has 4 aromatic rings. The highest BCUT2D eigenvalue weighted by molar-refractivity contribution is 7.99. The summed E-state index contributed by atoms with van der Waals surface area (Å²) in [6.07, 6.45) is 1.90. The average molecular weight is 487 g/mol. The fourth-order valence-electron chi connectivity index (χ4n) is 4.39. The van der Waals surface area contributed by atoms with E-state index < -0.39 is 0 Å². The Morgan fingerprint density at radius 3 is 2.38 bits per heavy atom. The maximum absolute atomic E-state index is 6.56. The Balaban J connectivity index is 1.44. The van der Waals surface area contributed by atoms with Gasteiger partial charge in [-0.3, -0.25) is 4.90 Å². The van der Waals surface area contributed by atoms with Crippen molar-refractivity contribution in [3.05, 3.63) is 119 Å². The van der Waals surface area contributed by atoms with E-state index in [4.69, 9.17) is 21.3 Å². The molecule has 1 aromatic heterocycles. The van der Waals surface area contributed by atoms with Crippen LogP contribution in [0.2, 0.25) is 5.02 Å². The molecule has 3 aromatic carbocycles. The molecule has 0 amide bonds. The molecule has 172 valence electrons. The summed E-state index contributed by atoms with van der Waals surface area (Å²) >= 11 is 8.33. The van der Waals surface area contributed by atoms with E-state index in [9.17, 15) is 0 Å². The number of aromatic nitrogens is 1. The second kappa shape index (κ2) is 11.2. The van der Waals surface area contributed by atoms with Crippen molar-refractivity contribution < 1.29 is 4.74 Å². The van der Waals surface area contributed by atoms with Gasteiger partial charge in [0.05, 0.1) is 18.0 Å². The van der Waals surface area contributed by atoms with Gasteiger partial charge in [0.15, 0.2) is 0 Å². The van der Waals surface area contributed by atoms with E-state index in [-0.39, 0.29) is 11.4 Å². The highest BCUT2D eigenvalue weighted by Crippen LogP contribution is 2.43. The number of halogens is 1. The van der Waals surface area contributed by atoms with Crippen LogP contribution in [0.5, 0.6) is 0 Å². The first-order chi connectivity index (χ1) is 16.8. The number of benzene rings is 3. The van der Waals surface area contributed by atoms with Gasteiger partial charge in [-0.15, -0.1) is 0 Å². The molecule has 0 radical (unpaired) electrons. The van der Waals surface area contributed by atoms with Gasteiger partial charge in [0.25, 0.3) is 0 Å². The molecular weight excluding hydrogens is 460 g/mol. The van der Waals surface area contributed by atoms with Gasteiger partial charge in [-0.2, -0.15) is 0 Å². The number of hydrogen-bond donors (Lipinski definition) is 0. The molecule has 5 heteroatoms. The highest BCUT2D eigenvalue weighted by Gasteiger charge is 2.31. The fourth-order valence-corrected chi connectivity index (χ4v) is 5.91. The normalized spacial score (nSPS) is 17.4. The zero-order chi connectivity index (χ0) is 23.2. The van der Waals surface area contributed by atoms with E-state index in [0.29, 0.717) is 0 Å². The van der Waals surface area contributed by atoms with Gasteiger partial charge in [-0.1, -0.05) is 108 Å². The molecule has 34 heavy (non-hydrogen) atoms. The lowest BCUT2D eigenvalue weighted by atomic mass is 10.1. The van der Waals surface area contributed by atoms with Crippen LogP contribution in [-0.2, 0) is 11.3 Å². The van der Waals surface area contributed by atoms with Crippen LogP contribution in [0.15, 0.2) is 108 Å².